The lowest BCUT2D eigenvalue weighted by molar-refractivity contribution is -0.148. The predicted octanol–water partition coefficient (Wildman–Crippen LogP) is 2.70. The SMILES string of the molecule is CCc1cccc(C)c1NC(=O)C(CC)C(=O)OC. The van der Waals surface area contributed by atoms with Gasteiger partial charge >= 0.3 is 5.97 Å². The Morgan fingerprint density at radius 3 is 2.53 bits per heavy atom. The number of nitrogens with one attached hydrogen (secondary N) is 1. The fraction of sp³-hybridized carbons (Fsp3) is 0.467. The summed E-state index contributed by atoms with van der Waals surface area (Å²) in [5.41, 5.74) is 2.86. The molecule has 0 aliphatic carbocycles. The highest BCUT2D eigenvalue weighted by molar-refractivity contribution is 6.05. The van der Waals surface area contributed by atoms with Gasteiger partial charge in [0.05, 0.1) is 7.11 Å². The highest BCUT2D eigenvalue weighted by atomic mass is 16.5. The summed E-state index contributed by atoms with van der Waals surface area (Å²) in [6.07, 6.45) is 1.25. The van der Waals surface area contributed by atoms with Crippen molar-refractivity contribution in [2.75, 3.05) is 12.4 Å². The van der Waals surface area contributed by atoms with Gasteiger partial charge in [0.1, 0.15) is 5.92 Å². The fourth-order valence-electron chi connectivity index (χ4n) is 2.01. The van der Waals surface area contributed by atoms with Crippen LogP contribution in [0.2, 0.25) is 0 Å². The summed E-state index contributed by atoms with van der Waals surface area (Å²) in [6, 6.07) is 5.87. The first-order valence-electron chi connectivity index (χ1n) is 6.52. The number of carbonyl (C=O) groups excluding carboxylic acids is 2. The number of esters is 1. The molecule has 1 amide bonds. The number of methoxy groups -OCH3 is 1. The molecule has 0 spiro atoms. The summed E-state index contributed by atoms with van der Waals surface area (Å²) in [4.78, 5) is 23.7. The van der Waals surface area contributed by atoms with Crippen LogP contribution in [0.25, 0.3) is 0 Å². The van der Waals surface area contributed by atoms with Crippen LogP contribution in [0.4, 0.5) is 5.69 Å². The van der Waals surface area contributed by atoms with Gasteiger partial charge in [0, 0.05) is 5.69 Å². The standard InChI is InChI=1S/C15H21NO3/c1-5-11-9-7-8-10(3)13(11)16-14(17)12(6-2)15(18)19-4/h7-9,12H,5-6H2,1-4H3,(H,16,17). The summed E-state index contributed by atoms with van der Waals surface area (Å²) in [7, 11) is 1.30. The van der Waals surface area contributed by atoms with Gasteiger partial charge in [0.2, 0.25) is 5.91 Å². The Morgan fingerprint density at radius 1 is 1.32 bits per heavy atom. The quantitative estimate of drug-likeness (QED) is 0.656. The van der Waals surface area contributed by atoms with E-state index in [9.17, 15) is 9.59 Å². The maximum atomic E-state index is 12.2. The lowest BCUT2D eigenvalue weighted by atomic mass is 10.0. The molecule has 19 heavy (non-hydrogen) atoms. The second kappa shape index (κ2) is 6.92. The molecule has 1 aromatic rings. The number of ether oxygens (including phenoxy) is 1. The molecule has 0 aromatic heterocycles. The molecule has 0 heterocycles. The molecule has 0 radical (unpaired) electrons. The van der Waals surface area contributed by atoms with Crippen molar-refractivity contribution in [3.8, 4) is 0 Å². The van der Waals surface area contributed by atoms with Gasteiger partial charge in [-0.1, -0.05) is 32.0 Å². The lowest BCUT2D eigenvalue weighted by Gasteiger charge is -2.16. The van der Waals surface area contributed by atoms with Crippen LogP contribution in [0.5, 0.6) is 0 Å². The van der Waals surface area contributed by atoms with E-state index >= 15 is 0 Å². The summed E-state index contributed by atoms with van der Waals surface area (Å²) >= 11 is 0. The number of anilines is 1. The smallest absolute Gasteiger partial charge is 0.318 e. The van der Waals surface area contributed by atoms with Crippen molar-refractivity contribution in [3.05, 3.63) is 29.3 Å². The topological polar surface area (TPSA) is 55.4 Å². The second-order valence-electron chi connectivity index (χ2n) is 4.44. The zero-order valence-corrected chi connectivity index (χ0v) is 11.9. The van der Waals surface area contributed by atoms with Crippen molar-refractivity contribution in [2.45, 2.75) is 33.6 Å². The van der Waals surface area contributed by atoms with E-state index in [0.29, 0.717) is 6.42 Å². The van der Waals surface area contributed by atoms with E-state index in [1.54, 1.807) is 6.92 Å². The number of aryl methyl sites for hydroxylation is 2. The minimum atomic E-state index is -0.755. The molecule has 1 rings (SSSR count). The van der Waals surface area contributed by atoms with Gasteiger partial charge in [-0.15, -0.1) is 0 Å². The van der Waals surface area contributed by atoms with Crippen LogP contribution in [0.15, 0.2) is 18.2 Å². The maximum Gasteiger partial charge on any atom is 0.318 e. The van der Waals surface area contributed by atoms with Gasteiger partial charge in [-0.3, -0.25) is 9.59 Å². The molecular formula is C15H21NO3. The van der Waals surface area contributed by atoms with Gasteiger partial charge in [-0.05, 0) is 30.9 Å². The lowest BCUT2D eigenvalue weighted by Crippen LogP contribution is -2.30. The summed E-state index contributed by atoms with van der Waals surface area (Å²) in [5.74, 6) is -1.56. The van der Waals surface area contributed by atoms with Crippen molar-refractivity contribution < 1.29 is 14.3 Å². The van der Waals surface area contributed by atoms with Crippen molar-refractivity contribution in [3.63, 3.8) is 0 Å². The van der Waals surface area contributed by atoms with Gasteiger partial charge in [-0.2, -0.15) is 0 Å². The third-order valence-electron chi connectivity index (χ3n) is 3.20. The van der Waals surface area contributed by atoms with E-state index in [1.165, 1.54) is 7.11 Å². The average molecular weight is 263 g/mol. The Kier molecular flexibility index (Phi) is 5.55. The molecule has 1 N–H and O–H groups in total. The molecule has 1 atom stereocenters. The number of carbonyl (C=O) groups is 2. The van der Waals surface area contributed by atoms with E-state index < -0.39 is 11.9 Å². The van der Waals surface area contributed by atoms with Crippen LogP contribution >= 0.6 is 0 Å². The Balaban J connectivity index is 2.96. The van der Waals surface area contributed by atoms with Gasteiger partial charge < -0.3 is 10.1 Å². The zero-order valence-electron chi connectivity index (χ0n) is 11.9. The highest BCUT2D eigenvalue weighted by Gasteiger charge is 2.26. The molecule has 4 nitrogen and oxygen atoms in total. The summed E-state index contributed by atoms with van der Waals surface area (Å²) in [6.45, 7) is 5.76. The molecule has 1 unspecified atom stereocenters. The normalized spacial score (nSPS) is 11.8. The molecule has 4 heteroatoms. The summed E-state index contributed by atoms with van der Waals surface area (Å²) < 4.78 is 4.65. The van der Waals surface area contributed by atoms with Crippen LogP contribution in [-0.2, 0) is 20.7 Å². The van der Waals surface area contributed by atoms with Crippen LogP contribution < -0.4 is 5.32 Å². The molecule has 1 aromatic carbocycles. The van der Waals surface area contributed by atoms with E-state index in [2.05, 4.69) is 10.1 Å². The van der Waals surface area contributed by atoms with Gasteiger partial charge in [-0.25, -0.2) is 0 Å². The number of amides is 1. The van der Waals surface area contributed by atoms with E-state index in [4.69, 9.17) is 0 Å². The third-order valence-corrected chi connectivity index (χ3v) is 3.20. The minimum Gasteiger partial charge on any atom is -0.468 e. The average Bonchev–Trinajstić information content (AvgIpc) is 2.41. The van der Waals surface area contributed by atoms with Crippen molar-refractivity contribution in [1.29, 1.82) is 0 Å². The minimum absolute atomic E-state index is 0.307. The molecule has 0 saturated carbocycles. The maximum absolute atomic E-state index is 12.2. The predicted molar refractivity (Wildman–Crippen MR) is 75.0 cm³/mol. The van der Waals surface area contributed by atoms with Crippen molar-refractivity contribution in [2.24, 2.45) is 5.92 Å². The first kappa shape index (κ1) is 15.2. The Labute approximate surface area is 114 Å². The molecule has 0 saturated heterocycles. The number of para-hydroxylation sites is 1. The number of benzene rings is 1. The van der Waals surface area contributed by atoms with Crippen molar-refractivity contribution >= 4 is 17.6 Å². The third kappa shape index (κ3) is 3.56. The highest BCUT2D eigenvalue weighted by Crippen LogP contribution is 2.22. The van der Waals surface area contributed by atoms with Crippen LogP contribution in [0, 0.1) is 12.8 Å². The van der Waals surface area contributed by atoms with E-state index in [0.717, 1.165) is 23.2 Å². The number of rotatable bonds is 5. The second-order valence-corrected chi connectivity index (χ2v) is 4.44. The molecule has 0 fully saturated rings. The number of hydrogen-bond acceptors (Lipinski definition) is 3. The van der Waals surface area contributed by atoms with Crippen molar-refractivity contribution in [1.82, 2.24) is 0 Å². The van der Waals surface area contributed by atoms with Gasteiger partial charge in [0.25, 0.3) is 0 Å². The molecule has 0 bridgehead atoms. The van der Waals surface area contributed by atoms with Crippen LogP contribution in [-0.4, -0.2) is 19.0 Å². The zero-order chi connectivity index (χ0) is 14.4. The largest absolute Gasteiger partial charge is 0.468 e. The molecule has 104 valence electrons. The van der Waals surface area contributed by atoms with E-state index in [-0.39, 0.29) is 5.91 Å². The molecular weight excluding hydrogens is 242 g/mol. The Bertz CT molecular complexity index is 468. The monoisotopic (exact) mass is 263 g/mol. The fourth-order valence-corrected chi connectivity index (χ4v) is 2.01. The first-order valence-corrected chi connectivity index (χ1v) is 6.52. The Morgan fingerprint density at radius 2 is 2.00 bits per heavy atom. The summed E-state index contributed by atoms with van der Waals surface area (Å²) in [5, 5.41) is 2.86. The van der Waals surface area contributed by atoms with Crippen LogP contribution in [0.3, 0.4) is 0 Å². The Hall–Kier alpha value is -1.84. The van der Waals surface area contributed by atoms with Crippen LogP contribution in [0.1, 0.15) is 31.4 Å². The first-order chi connectivity index (χ1) is 9.04. The van der Waals surface area contributed by atoms with E-state index in [1.807, 2.05) is 32.0 Å². The molecule has 0 aliphatic rings. The molecule has 0 aliphatic heterocycles. The number of hydrogen-bond donors (Lipinski definition) is 1. The van der Waals surface area contributed by atoms with Gasteiger partial charge in [0.15, 0.2) is 0 Å².